The monoisotopic (exact) mass is 232 g/mol. The second-order valence-electron chi connectivity index (χ2n) is 3.81. The third-order valence-corrected chi connectivity index (χ3v) is 2.44. The van der Waals surface area contributed by atoms with E-state index < -0.39 is 0 Å². The largest absolute Gasteiger partial charge is 0.442 e. The Labute approximate surface area is 101 Å². The Bertz CT molecular complexity index is 453. The summed E-state index contributed by atoms with van der Waals surface area (Å²) in [6.07, 6.45) is 1.84. The lowest BCUT2D eigenvalue weighted by molar-refractivity contribution is 0.163. The first-order valence-corrected chi connectivity index (χ1v) is 5.60. The zero-order chi connectivity index (χ0) is 12.1. The summed E-state index contributed by atoms with van der Waals surface area (Å²) in [6, 6.07) is 9.98. The molecule has 0 amide bonds. The highest BCUT2D eigenvalue weighted by molar-refractivity contribution is 5.17. The van der Waals surface area contributed by atoms with Crippen LogP contribution < -0.4 is 10.1 Å². The fourth-order valence-electron chi connectivity index (χ4n) is 1.55. The third-order valence-electron chi connectivity index (χ3n) is 2.44. The summed E-state index contributed by atoms with van der Waals surface area (Å²) in [5.41, 5.74) is 1.93. The lowest BCUT2D eigenvalue weighted by Crippen LogP contribution is -2.06. The number of oxazole rings is 1. The van der Waals surface area contributed by atoms with Crippen molar-refractivity contribution in [2.24, 2.45) is 0 Å². The first-order chi connectivity index (χ1) is 8.29. The number of aromatic nitrogens is 1. The maximum Gasteiger partial charge on any atom is 0.394 e. The van der Waals surface area contributed by atoms with Gasteiger partial charge in [0.25, 0.3) is 0 Å². The van der Waals surface area contributed by atoms with Gasteiger partial charge in [0.1, 0.15) is 12.4 Å². The molecule has 0 bridgehead atoms. The summed E-state index contributed by atoms with van der Waals surface area (Å²) < 4.78 is 10.9. The molecule has 1 aromatic carbocycles. The number of nitrogens with one attached hydrogen (secondary N) is 1. The Morgan fingerprint density at radius 3 is 2.82 bits per heavy atom. The minimum Gasteiger partial charge on any atom is -0.442 e. The molecule has 1 aromatic heterocycles. The van der Waals surface area contributed by atoms with Gasteiger partial charge in [0, 0.05) is 6.54 Å². The molecule has 0 fully saturated rings. The van der Waals surface area contributed by atoms with E-state index in [1.165, 1.54) is 0 Å². The average molecular weight is 232 g/mol. The van der Waals surface area contributed by atoms with E-state index in [-0.39, 0.29) is 6.10 Å². The average Bonchev–Trinajstić information content (AvgIpc) is 2.78. The maximum absolute atomic E-state index is 5.62. The molecule has 1 atom stereocenters. The number of hydrogen-bond acceptors (Lipinski definition) is 4. The van der Waals surface area contributed by atoms with E-state index in [9.17, 15) is 0 Å². The Hall–Kier alpha value is -1.81. The van der Waals surface area contributed by atoms with Crippen molar-refractivity contribution in [1.29, 1.82) is 0 Å². The molecule has 0 radical (unpaired) electrons. The Morgan fingerprint density at radius 1 is 1.35 bits per heavy atom. The van der Waals surface area contributed by atoms with Crippen LogP contribution in [-0.2, 0) is 6.54 Å². The molecule has 17 heavy (non-hydrogen) atoms. The smallest absolute Gasteiger partial charge is 0.394 e. The number of rotatable bonds is 5. The molecule has 1 heterocycles. The van der Waals surface area contributed by atoms with Gasteiger partial charge in [0.15, 0.2) is 0 Å². The van der Waals surface area contributed by atoms with Gasteiger partial charge in [0.2, 0.25) is 0 Å². The van der Waals surface area contributed by atoms with Crippen LogP contribution in [0.25, 0.3) is 0 Å². The molecule has 0 spiro atoms. The summed E-state index contributed by atoms with van der Waals surface area (Å²) in [6.45, 7) is 2.64. The summed E-state index contributed by atoms with van der Waals surface area (Å²) in [5.74, 6) is 0. The van der Waals surface area contributed by atoms with Gasteiger partial charge in [-0.1, -0.05) is 30.3 Å². The first kappa shape index (κ1) is 11.7. The van der Waals surface area contributed by atoms with Gasteiger partial charge in [-0.3, -0.25) is 0 Å². The van der Waals surface area contributed by atoms with Crippen LogP contribution in [0.4, 0.5) is 0 Å². The number of hydrogen-bond donors (Lipinski definition) is 1. The molecule has 0 aliphatic rings. The SMILES string of the molecule is CNCc1coc(OC(C)c2ccccc2)n1. The van der Waals surface area contributed by atoms with Crippen LogP contribution in [0.1, 0.15) is 24.3 Å². The summed E-state index contributed by atoms with van der Waals surface area (Å²) >= 11 is 0. The predicted molar refractivity (Wildman–Crippen MR) is 64.8 cm³/mol. The van der Waals surface area contributed by atoms with Crippen molar-refractivity contribution in [3.05, 3.63) is 47.9 Å². The molecule has 0 saturated carbocycles. The van der Waals surface area contributed by atoms with Crippen molar-refractivity contribution in [2.45, 2.75) is 19.6 Å². The molecule has 0 aliphatic carbocycles. The second kappa shape index (κ2) is 5.50. The van der Waals surface area contributed by atoms with Gasteiger partial charge < -0.3 is 14.5 Å². The molecule has 1 unspecified atom stereocenters. The van der Waals surface area contributed by atoms with Gasteiger partial charge in [-0.2, -0.15) is 4.98 Å². The van der Waals surface area contributed by atoms with Crippen molar-refractivity contribution in [3.63, 3.8) is 0 Å². The van der Waals surface area contributed by atoms with Crippen molar-refractivity contribution in [3.8, 4) is 6.08 Å². The molecule has 90 valence electrons. The second-order valence-corrected chi connectivity index (χ2v) is 3.81. The lowest BCUT2D eigenvalue weighted by Gasteiger charge is -2.10. The van der Waals surface area contributed by atoms with Crippen molar-refractivity contribution < 1.29 is 9.15 Å². The zero-order valence-corrected chi connectivity index (χ0v) is 10.0. The highest BCUT2D eigenvalue weighted by Crippen LogP contribution is 2.20. The van der Waals surface area contributed by atoms with E-state index in [0.717, 1.165) is 11.3 Å². The Kier molecular flexibility index (Phi) is 3.77. The Balaban J connectivity index is 2.00. The van der Waals surface area contributed by atoms with Crippen molar-refractivity contribution in [2.75, 3.05) is 7.05 Å². The van der Waals surface area contributed by atoms with Crippen LogP contribution in [0.3, 0.4) is 0 Å². The van der Waals surface area contributed by atoms with E-state index in [4.69, 9.17) is 9.15 Å². The molecule has 1 N–H and O–H groups in total. The fraction of sp³-hybridized carbons (Fsp3) is 0.308. The standard InChI is InChI=1S/C13H16N2O2/c1-10(11-6-4-3-5-7-11)17-13-15-12(8-14-2)9-16-13/h3-7,9-10,14H,8H2,1-2H3. The van der Waals surface area contributed by atoms with Crippen LogP contribution in [0.5, 0.6) is 6.08 Å². The van der Waals surface area contributed by atoms with E-state index in [1.807, 2.05) is 44.3 Å². The highest BCUT2D eigenvalue weighted by atomic mass is 16.6. The molecule has 4 nitrogen and oxygen atoms in total. The molecule has 0 aliphatic heterocycles. The van der Waals surface area contributed by atoms with E-state index in [0.29, 0.717) is 12.6 Å². The zero-order valence-electron chi connectivity index (χ0n) is 10.0. The van der Waals surface area contributed by atoms with Crippen molar-refractivity contribution >= 4 is 0 Å². The first-order valence-electron chi connectivity index (χ1n) is 5.60. The summed E-state index contributed by atoms with van der Waals surface area (Å²) in [4.78, 5) is 4.21. The molecule has 0 saturated heterocycles. The maximum atomic E-state index is 5.62. The number of benzene rings is 1. The third kappa shape index (κ3) is 3.07. The van der Waals surface area contributed by atoms with Crippen LogP contribution in [0.15, 0.2) is 41.0 Å². The van der Waals surface area contributed by atoms with Crippen LogP contribution >= 0.6 is 0 Å². The van der Waals surface area contributed by atoms with Crippen molar-refractivity contribution in [1.82, 2.24) is 10.3 Å². The summed E-state index contributed by atoms with van der Waals surface area (Å²) in [7, 11) is 1.86. The van der Waals surface area contributed by atoms with E-state index in [1.54, 1.807) is 6.26 Å². The van der Waals surface area contributed by atoms with E-state index >= 15 is 0 Å². The summed E-state index contributed by atoms with van der Waals surface area (Å²) in [5, 5.41) is 3.00. The minimum absolute atomic E-state index is 0.0720. The van der Waals surface area contributed by atoms with Crippen LogP contribution in [0.2, 0.25) is 0 Å². The van der Waals surface area contributed by atoms with Gasteiger partial charge in [-0.25, -0.2) is 0 Å². The van der Waals surface area contributed by atoms with Crippen LogP contribution in [0, 0.1) is 0 Å². The minimum atomic E-state index is -0.0720. The molecular formula is C13H16N2O2. The topological polar surface area (TPSA) is 47.3 Å². The van der Waals surface area contributed by atoms with Gasteiger partial charge in [0.05, 0.1) is 5.69 Å². The molecule has 2 aromatic rings. The Morgan fingerprint density at radius 2 is 2.12 bits per heavy atom. The van der Waals surface area contributed by atoms with Crippen LogP contribution in [-0.4, -0.2) is 12.0 Å². The predicted octanol–water partition coefficient (Wildman–Crippen LogP) is 2.53. The van der Waals surface area contributed by atoms with Gasteiger partial charge >= 0.3 is 6.08 Å². The van der Waals surface area contributed by atoms with E-state index in [2.05, 4.69) is 10.3 Å². The fourth-order valence-corrected chi connectivity index (χ4v) is 1.55. The number of nitrogens with zero attached hydrogens (tertiary/aromatic N) is 1. The molecule has 2 rings (SSSR count). The lowest BCUT2D eigenvalue weighted by atomic mass is 10.1. The molecular weight excluding hydrogens is 216 g/mol. The van der Waals surface area contributed by atoms with Gasteiger partial charge in [-0.05, 0) is 19.5 Å². The number of ether oxygens (including phenoxy) is 1. The highest BCUT2D eigenvalue weighted by Gasteiger charge is 2.11. The molecule has 4 heteroatoms. The quantitative estimate of drug-likeness (QED) is 0.860. The normalized spacial score (nSPS) is 12.4. The van der Waals surface area contributed by atoms with Gasteiger partial charge in [-0.15, -0.1) is 0 Å².